The van der Waals surface area contributed by atoms with E-state index in [0.717, 1.165) is 0 Å². The van der Waals surface area contributed by atoms with E-state index in [0.29, 0.717) is 12.8 Å². The van der Waals surface area contributed by atoms with Crippen molar-refractivity contribution < 1.29 is 50.3 Å². The standard InChI is InChI=1S/C12H12F2O9S/c13-12(14,24(18,19)20)10(17)21-4-8(15)22-11-3-5-1-6(7(11)2-5)9(16)23-11/h5-7H,1-4H2,(H,18,19,20). The van der Waals surface area contributed by atoms with E-state index in [1.54, 1.807) is 0 Å². The Morgan fingerprint density at radius 3 is 2.62 bits per heavy atom. The number of alkyl halides is 2. The smallest absolute Gasteiger partial charge is 0.448 e. The normalized spacial score (nSPS) is 34.1. The molecular weight excluding hydrogens is 358 g/mol. The molecule has 1 N–H and O–H groups in total. The topological polar surface area (TPSA) is 133 Å². The number of esters is 3. The second-order valence-electron chi connectivity index (χ2n) is 6.03. The van der Waals surface area contributed by atoms with Crippen LogP contribution in [0.5, 0.6) is 0 Å². The minimum Gasteiger partial charge on any atom is -0.448 e. The summed E-state index contributed by atoms with van der Waals surface area (Å²) in [5, 5.41) is -5.21. The number of halogens is 2. The molecule has 12 heteroatoms. The van der Waals surface area contributed by atoms with E-state index in [9.17, 15) is 31.6 Å². The molecule has 3 fully saturated rings. The predicted molar refractivity (Wildman–Crippen MR) is 66.7 cm³/mol. The maximum atomic E-state index is 13.0. The minimum absolute atomic E-state index is 0.144. The number of hydrogen-bond acceptors (Lipinski definition) is 8. The minimum atomic E-state index is -6.03. The molecule has 2 aliphatic carbocycles. The first-order valence-electron chi connectivity index (χ1n) is 6.93. The van der Waals surface area contributed by atoms with Gasteiger partial charge in [-0.05, 0) is 18.8 Å². The van der Waals surface area contributed by atoms with Gasteiger partial charge in [-0.25, -0.2) is 9.59 Å². The Balaban J connectivity index is 1.60. The first-order chi connectivity index (χ1) is 11.0. The average Bonchev–Trinajstić information content (AvgIpc) is 3.03. The molecular formula is C12H12F2O9S. The SMILES string of the molecule is O=C(COC(=O)C(F)(F)S(=O)(=O)O)OC12CC3CC(C(=O)O1)C2C3. The molecule has 3 rings (SSSR count). The van der Waals surface area contributed by atoms with Crippen molar-refractivity contribution in [3.63, 3.8) is 0 Å². The third kappa shape index (κ3) is 2.44. The van der Waals surface area contributed by atoms with Gasteiger partial charge in [-0.15, -0.1) is 0 Å². The van der Waals surface area contributed by atoms with Gasteiger partial charge in [0.1, 0.15) is 0 Å². The van der Waals surface area contributed by atoms with Crippen molar-refractivity contribution >= 4 is 28.0 Å². The van der Waals surface area contributed by atoms with Crippen molar-refractivity contribution in [2.24, 2.45) is 17.8 Å². The van der Waals surface area contributed by atoms with E-state index < -0.39 is 45.7 Å². The van der Waals surface area contributed by atoms with Crippen molar-refractivity contribution in [3.05, 3.63) is 0 Å². The molecule has 3 aliphatic rings. The zero-order valence-corrected chi connectivity index (χ0v) is 12.8. The van der Waals surface area contributed by atoms with Crippen molar-refractivity contribution in [1.82, 2.24) is 0 Å². The lowest BCUT2D eigenvalue weighted by Gasteiger charge is -2.29. The molecule has 0 radical (unpaired) electrons. The molecule has 4 unspecified atom stereocenters. The molecule has 2 bridgehead atoms. The maximum absolute atomic E-state index is 13.0. The van der Waals surface area contributed by atoms with Gasteiger partial charge in [0.15, 0.2) is 6.61 Å². The molecule has 2 saturated carbocycles. The van der Waals surface area contributed by atoms with E-state index in [1.807, 2.05) is 0 Å². The fourth-order valence-electron chi connectivity index (χ4n) is 3.65. The van der Waals surface area contributed by atoms with Gasteiger partial charge in [-0.2, -0.15) is 17.2 Å². The molecule has 1 aliphatic heterocycles. The third-order valence-electron chi connectivity index (χ3n) is 4.54. The van der Waals surface area contributed by atoms with Crippen LogP contribution in [0.1, 0.15) is 19.3 Å². The lowest BCUT2D eigenvalue weighted by molar-refractivity contribution is -0.226. The van der Waals surface area contributed by atoms with Gasteiger partial charge in [0.2, 0.25) is 0 Å². The van der Waals surface area contributed by atoms with Crippen LogP contribution in [0.15, 0.2) is 0 Å². The van der Waals surface area contributed by atoms with Gasteiger partial charge in [0.25, 0.3) is 5.79 Å². The van der Waals surface area contributed by atoms with Gasteiger partial charge < -0.3 is 14.2 Å². The van der Waals surface area contributed by atoms with E-state index in [2.05, 4.69) is 4.74 Å². The molecule has 0 amide bonds. The number of fused-ring (bicyclic) bond motifs is 1. The fraction of sp³-hybridized carbons (Fsp3) is 0.750. The number of hydrogen-bond donors (Lipinski definition) is 1. The average molecular weight is 370 g/mol. The summed E-state index contributed by atoms with van der Waals surface area (Å²) in [5.41, 5.74) is 0. The number of rotatable bonds is 5. The van der Waals surface area contributed by atoms with Crippen LogP contribution >= 0.6 is 0 Å². The van der Waals surface area contributed by atoms with Crippen LogP contribution < -0.4 is 0 Å². The highest BCUT2D eigenvalue weighted by Gasteiger charge is 2.68. The summed E-state index contributed by atoms with van der Waals surface area (Å²) in [6.07, 6.45) is 1.55. The number of carbonyl (C=O) groups is 3. The zero-order chi connectivity index (χ0) is 17.9. The Hall–Kier alpha value is -1.82. The zero-order valence-electron chi connectivity index (χ0n) is 11.9. The molecule has 24 heavy (non-hydrogen) atoms. The van der Waals surface area contributed by atoms with Gasteiger partial charge in [0.05, 0.1) is 11.8 Å². The van der Waals surface area contributed by atoms with Gasteiger partial charge in [0, 0.05) is 6.42 Å². The quantitative estimate of drug-likeness (QED) is 0.518. The Labute approximate surface area is 134 Å². The molecule has 0 aromatic heterocycles. The van der Waals surface area contributed by atoms with E-state index >= 15 is 0 Å². The Morgan fingerprint density at radius 2 is 2.04 bits per heavy atom. The highest BCUT2D eigenvalue weighted by Crippen LogP contribution is 2.60. The number of ether oxygens (including phenoxy) is 3. The summed E-state index contributed by atoms with van der Waals surface area (Å²) in [6.45, 7) is -1.31. The molecule has 0 aromatic rings. The van der Waals surface area contributed by atoms with Crippen LogP contribution in [-0.2, 0) is 38.7 Å². The van der Waals surface area contributed by atoms with E-state index in [-0.39, 0.29) is 24.2 Å². The lowest BCUT2D eigenvalue weighted by Crippen LogP contribution is -2.42. The highest BCUT2D eigenvalue weighted by atomic mass is 32.2. The van der Waals surface area contributed by atoms with Crippen LogP contribution in [0.2, 0.25) is 0 Å². The summed E-state index contributed by atoms with van der Waals surface area (Å²) in [7, 11) is -6.03. The molecule has 0 aromatic carbocycles. The first-order valence-corrected chi connectivity index (χ1v) is 8.37. The fourth-order valence-corrected chi connectivity index (χ4v) is 3.92. The van der Waals surface area contributed by atoms with E-state index in [1.165, 1.54) is 0 Å². The van der Waals surface area contributed by atoms with Crippen molar-refractivity contribution in [2.45, 2.75) is 30.3 Å². The van der Waals surface area contributed by atoms with Crippen molar-refractivity contribution in [1.29, 1.82) is 0 Å². The summed E-state index contributed by atoms with van der Waals surface area (Å²) in [5.74, 6) is -6.41. The number of carbonyl (C=O) groups excluding carboxylic acids is 3. The second kappa shape index (κ2) is 5.09. The Kier molecular flexibility index (Phi) is 3.61. The highest BCUT2D eigenvalue weighted by molar-refractivity contribution is 7.87. The van der Waals surface area contributed by atoms with Gasteiger partial charge in [-0.3, -0.25) is 9.35 Å². The first kappa shape index (κ1) is 17.0. The largest absolute Gasteiger partial charge is 0.465 e. The van der Waals surface area contributed by atoms with Crippen LogP contribution in [-0.4, -0.2) is 48.5 Å². The molecule has 0 spiro atoms. The van der Waals surface area contributed by atoms with Crippen molar-refractivity contribution in [3.8, 4) is 0 Å². The summed E-state index contributed by atoms with van der Waals surface area (Å²) < 4.78 is 68.9. The molecule has 134 valence electrons. The van der Waals surface area contributed by atoms with E-state index in [4.69, 9.17) is 14.0 Å². The Morgan fingerprint density at radius 1 is 1.38 bits per heavy atom. The van der Waals surface area contributed by atoms with Gasteiger partial charge in [-0.1, -0.05) is 0 Å². The lowest BCUT2D eigenvalue weighted by atomic mass is 9.87. The second-order valence-corrected chi connectivity index (χ2v) is 7.49. The van der Waals surface area contributed by atoms with Crippen LogP contribution in [0.25, 0.3) is 0 Å². The Bertz CT molecular complexity index is 718. The summed E-state index contributed by atoms with van der Waals surface area (Å²) >= 11 is 0. The molecule has 1 heterocycles. The van der Waals surface area contributed by atoms with Gasteiger partial charge >= 0.3 is 33.3 Å². The van der Waals surface area contributed by atoms with Crippen LogP contribution in [0, 0.1) is 17.8 Å². The predicted octanol–water partition coefficient (Wildman–Crippen LogP) is -0.147. The summed E-state index contributed by atoms with van der Waals surface area (Å²) in [6, 6.07) is 0. The van der Waals surface area contributed by atoms with Crippen LogP contribution in [0.4, 0.5) is 8.78 Å². The monoisotopic (exact) mass is 370 g/mol. The van der Waals surface area contributed by atoms with Crippen molar-refractivity contribution in [2.75, 3.05) is 6.61 Å². The maximum Gasteiger partial charge on any atom is 0.465 e. The van der Waals surface area contributed by atoms with Crippen LogP contribution in [0.3, 0.4) is 0 Å². The molecule has 9 nitrogen and oxygen atoms in total. The molecule has 1 saturated heterocycles. The summed E-state index contributed by atoms with van der Waals surface area (Å²) in [4.78, 5) is 34.4. The third-order valence-corrected chi connectivity index (χ3v) is 5.36. The molecule has 4 atom stereocenters.